The quantitative estimate of drug-likeness (QED) is 0.0261. The molecule has 464 valence electrons. The largest absolute Gasteiger partial charge is 0.462 e. The molecule has 0 aliphatic rings. The third kappa shape index (κ3) is 65.7. The summed E-state index contributed by atoms with van der Waals surface area (Å²) in [5.74, 6) is -0.867. The van der Waals surface area contributed by atoms with Gasteiger partial charge in [-0.2, -0.15) is 0 Å². The predicted molar refractivity (Wildman–Crippen MR) is 348 cm³/mol. The molecule has 0 amide bonds. The van der Waals surface area contributed by atoms with Crippen molar-refractivity contribution < 1.29 is 28.6 Å². The van der Waals surface area contributed by atoms with Crippen LogP contribution in [0.25, 0.3) is 0 Å². The van der Waals surface area contributed by atoms with Gasteiger partial charge in [-0.15, -0.1) is 0 Å². The number of carbonyl (C=O) groups excluding carboxylic acids is 3. The zero-order valence-corrected chi connectivity index (χ0v) is 53.3. The van der Waals surface area contributed by atoms with E-state index in [4.69, 9.17) is 14.2 Å². The first-order valence-electron chi connectivity index (χ1n) is 34.9. The van der Waals surface area contributed by atoms with Gasteiger partial charge in [-0.05, 0) is 89.9 Å². The molecule has 0 aromatic rings. The van der Waals surface area contributed by atoms with Crippen LogP contribution in [-0.2, 0) is 28.6 Å². The Bertz CT molecular complexity index is 1470. The van der Waals surface area contributed by atoms with Gasteiger partial charge in [0.2, 0.25) is 0 Å². The van der Waals surface area contributed by atoms with Crippen molar-refractivity contribution in [3.05, 3.63) is 72.9 Å². The molecule has 1 unspecified atom stereocenters. The van der Waals surface area contributed by atoms with E-state index in [1.54, 1.807) is 0 Å². The van der Waals surface area contributed by atoms with Crippen LogP contribution in [0.15, 0.2) is 72.9 Å². The van der Waals surface area contributed by atoms with Gasteiger partial charge in [0.1, 0.15) is 13.2 Å². The first kappa shape index (κ1) is 76.9. The standard InChI is InChI=1S/C74H132O6/c1-4-7-10-13-16-19-22-25-28-29-30-31-32-33-34-35-36-37-38-39-40-41-42-43-44-45-47-49-52-55-58-61-64-67-73(76)79-70-71(69-78-72(75)66-63-60-57-54-51-48-27-24-21-18-15-12-9-6-3)80-74(77)68-65-62-59-56-53-50-46-26-23-20-17-14-11-8-5-2/h7,10,16-17,19-20,25-26,28,30-31,46,71H,4-6,8-9,11-15,18,21-24,27,29,32-45,47-70H2,1-3H3/b10-7-,19-16-,20-17-,28-25-,31-30-,46-26-. The van der Waals surface area contributed by atoms with Crippen molar-refractivity contribution in [2.75, 3.05) is 13.2 Å². The Balaban J connectivity index is 4.13. The summed E-state index contributed by atoms with van der Waals surface area (Å²) >= 11 is 0. The van der Waals surface area contributed by atoms with Crippen LogP contribution in [0.2, 0.25) is 0 Å². The number of hydrogen-bond donors (Lipinski definition) is 0. The number of hydrogen-bond acceptors (Lipinski definition) is 6. The fraction of sp³-hybridized carbons (Fsp3) is 0.797. The van der Waals surface area contributed by atoms with Crippen LogP contribution < -0.4 is 0 Å². The normalized spacial score (nSPS) is 12.5. The molecule has 6 nitrogen and oxygen atoms in total. The highest BCUT2D eigenvalue weighted by atomic mass is 16.6. The molecule has 0 radical (unpaired) electrons. The van der Waals surface area contributed by atoms with E-state index in [0.717, 1.165) is 109 Å². The Labute approximate surface area is 497 Å². The number of carbonyl (C=O) groups is 3. The minimum atomic E-state index is -0.779. The number of esters is 3. The van der Waals surface area contributed by atoms with Crippen molar-refractivity contribution in [2.24, 2.45) is 0 Å². The van der Waals surface area contributed by atoms with Gasteiger partial charge in [-0.1, -0.05) is 325 Å². The zero-order chi connectivity index (χ0) is 57.8. The second-order valence-corrected chi connectivity index (χ2v) is 23.4. The molecule has 0 fully saturated rings. The maximum atomic E-state index is 12.9. The molecular formula is C74H132O6. The van der Waals surface area contributed by atoms with Crippen molar-refractivity contribution in [2.45, 2.75) is 367 Å². The monoisotopic (exact) mass is 1120 g/mol. The van der Waals surface area contributed by atoms with Gasteiger partial charge in [0.05, 0.1) is 0 Å². The Morgan fingerprint density at radius 1 is 0.263 bits per heavy atom. The van der Waals surface area contributed by atoms with Crippen LogP contribution in [0, 0.1) is 0 Å². The number of unbranched alkanes of at least 4 members (excludes halogenated alkanes) is 41. The zero-order valence-electron chi connectivity index (χ0n) is 53.3. The van der Waals surface area contributed by atoms with E-state index in [1.165, 1.54) is 212 Å². The number of ether oxygens (including phenoxy) is 3. The summed E-state index contributed by atoms with van der Waals surface area (Å²) in [6.07, 6.45) is 89.4. The molecule has 0 aromatic carbocycles. The summed E-state index contributed by atoms with van der Waals surface area (Å²) in [4.78, 5) is 38.3. The van der Waals surface area contributed by atoms with E-state index in [-0.39, 0.29) is 31.1 Å². The second-order valence-electron chi connectivity index (χ2n) is 23.4. The summed E-state index contributed by atoms with van der Waals surface area (Å²) in [6.45, 7) is 6.54. The summed E-state index contributed by atoms with van der Waals surface area (Å²) in [6, 6.07) is 0. The molecule has 0 aromatic heterocycles. The third-order valence-electron chi connectivity index (χ3n) is 15.4. The average molecular weight is 1120 g/mol. The lowest BCUT2D eigenvalue weighted by Crippen LogP contribution is -2.30. The molecule has 0 saturated heterocycles. The fourth-order valence-corrected chi connectivity index (χ4v) is 10.2. The Kier molecular flexibility index (Phi) is 65.7. The van der Waals surface area contributed by atoms with E-state index < -0.39 is 6.10 Å². The maximum Gasteiger partial charge on any atom is 0.306 e. The number of rotatable bonds is 64. The molecule has 6 heteroatoms. The topological polar surface area (TPSA) is 78.9 Å². The van der Waals surface area contributed by atoms with Gasteiger partial charge in [-0.3, -0.25) is 14.4 Å². The Morgan fingerprint density at radius 2 is 0.487 bits per heavy atom. The maximum absolute atomic E-state index is 12.9. The molecule has 0 spiro atoms. The Hall–Kier alpha value is -3.15. The highest BCUT2D eigenvalue weighted by molar-refractivity contribution is 5.71. The highest BCUT2D eigenvalue weighted by Gasteiger charge is 2.19. The lowest BCUT2D eigenvalue weighted by Gasteiger charge is -2.18. The van der Waals surface area contributed by atoms with Gasteiger partial charge < -0.3 is 14.2 Å². The summed E-state index contributed by atoms with van der Waals surface area (Å²) in [5.41, 5.74) is 0. The van der Waals surface area contributed by atoms with Gasteiger partial charge >= 0.3 is 17.9 Å². The van der Waals surface area contributed by atoms with Gasteiger partial charge in [0, 0.05) is 19.3 Å². The van der Waals surface area contributed by atoms with E-state index in [9.17, 15) is 14.4 Å². The minimum Gasteiger partial charge on any atom is -0.462 e. The molecule has 0 rings (SSSR count). The molecule has 80 heavy (non-hydrogen) atoms. The molecule has 0 heterocycles. The van der Waals surface area contributed by atoms with Crippen LogP contribution in [0.3, 0.4) is 0 Å². The first-order valence-corrected chi connectivity index (χ1v) is 34.9. The average Bonchev–Trinajstić information content (AvgIpc) is 3.46. The molecule has 0 saturated carbocycles. The minimum absolute atomic E-state index is 0.0749. The van der Waals surface area contributed by atoms with Crippen molar-refractivity contribution in [3.63, 3.8) is 0 Å². The van der Waals surface area contributed by atoms with Crippen LogP contribution in [0.1, 0.15) is 361 Å². The van der Waals surface area contributed by atoms with Crippen LogP contribution >= 0.6 is 0 Å². The second kappa shape index (κ2) is 68.3. The van der Waals surface area contributed by atoms with E-state index in [0.29, 0.717) is 19.3 Å². The summed E-state index contributed by atoms with van der Waals surface area (Å²) in [7, 11) is 0. The predicted octanol–water partition coefficient (Wildman–Crippen LogP) is 24.1. The van der Waals surface area contributed by atoms with E-state index >= 15 is 0 Å². The van der Waals surface area contributed by atoms with Crippen LogP contribution in [-0.4, -0.2) is 37.2 Å². The van der Waals surface area contributed by atoms with Gasteiger partial charge in [0.25, 0.3) is 0 Å². The summed E-state index contributed by atoms with van der Waals surface area (Å²) in [5, 5.41) is 0. The summed E-state index contributed by atoms with van der Waals surface area (Å²) < 4.78 is 16.9. The third-order valence-corrected chi connectivity index (χ3v) is 15.4. The lowest BCUT2D eigenvalue weighted by molar-refractivity contribution is -0.167. The fourth-order valence-electron chi connectivity index (χ4n) is 10.2. The van der Waals surface area contributed by atoms with Gasteiger partial charge in [-0.25, -0.2) is 0 Å². The highest BCUT2D eigenvalue weighted by Crippen LogP contribution is 2.18. The van der Waals surface area contributed by atoms with Crippen LogP contribution in [0.5, 0.6) is 0 Å². The number of allylic oxidation sites excluding steroid dienone is 12. The lowest BCUT2D eigenvalue weighted by atomic mass is 10.0. The van der Waals surface area contributed by atoms with Crippen LogP contribution in [0.4, 0.5) is 0 Å². The molecule has 0 aliphatic carbocycles. The molecular weight excluding hydrogens is 985 g/mol. The Morgan fingerprint density at radius 3 is 0.787 bits per heavy atom. The van der Waals surface area contributed by atoms with Crippen molar-refractivity contribution in [3.8, 4) is 0 Å². The SMILES string of the molecule is CC/C=C\C/C=C\C/C=C\C/C=C\CCCCCCCCCCCCCCCCCCCCCCC(=O)OCC(COC(=O)CCCCCCCCCCCCCCCC)OC(=O)CCCCCCC/C=C\C/C=C\CCCCC. The van der Waals surface area contributed by atoms with Crippen molar-refractivity contribution in [1.82, 2.24) is 0 Å². The van der Waals surface area contributed by atoms with Crippen molar-refractivity contribution >= 4 is 17.9 Å². The molecule has 0 bridgehead atoms. The smallest absolute Gasteiger partial charge is 0.306 e. The molecule has 0 N–H and O–H groups in total. The first-order chi connectivity index (χ1) is 39.5. The molecule has 1 atom stereocenters. The van der Waals surface area contributed by atoms with Crippen molar-refractivity contribution in [1.29, 1.82) is 0 Å². The van der Waals surface area contributed by atoms with E-state index in [2.05, 4.69) is 93.7 Å². The molecule has 0 aliphatic heterocycles. The van der Waals surface area contributed by atoms with Gasteiger partial charge in [0.15, 0.2) is 6.10 Å². The van der Waals surface area contributed by atoms with E-state index in [1.807, 2.05) is 0 Å².